The number of halogens is 2. The molecule has 0 radical (unpaired) electrons. The summed E-state index contributed by atoms with van der Waals surface area (Å²) in [7, 11) is 0. The molecule has 7 nitrogen and oxygen atoms in total. The highest BCUT2D eigenvalue weighted by molar-refractivity contribution is 6.46. The first-order valence-corrected chi connectivity index (χ1v) is 14.8. The lowest BCUT2D eigenvalue weighted by Gasteiger charge is -2.47. The summed E-state index contributed by atoms with van der Waals surface area (Å²) in [5.74, 6) is -1.46. The predicted molar refractivity (Wildman–Crippen MR) is 161 cm³/mol. The van der Waals surface area contributed by atoms with Crippen molar-refractivity contribution in [3.05, 3.63) is 70.8 Å². The van der Waals surface area contributed by atoms with Gasteiger partial charge in [0, 0.05) is 17.2 Å². The molecule has 9 heteroatoms. The van der Waals surface area contributed by atoms with E-state index in [-0.39, 0.29) is 46.9 Å². The van der Waals surface area contributed by atoms with Crippen molar-refractivity contribution >= 4 is 23.4 Å². The van der Waals surface area contributed by atoms with Gasteiger partial charge >= 0.3 is 0 Å². The number of carbonyl (C=O) groups excluding carboxylic acids is 2. The Morgan fingerprint density at radius 1 is 1.10 bits per heavy atom. The molecule has 2 aliphatic rings. The van der Waals surface area contributed by atoms with Crippen LogP contribution in [-0.4, -0.2) is 40.5 Å². The highest BCUT2D eigenvalue weighted by Crippen LogP contribution is 2.50. The number of amidine groups is 1. The first-order valence-electron chi connectivity index (χ1n) is 14.8. The van der Waals surface area contributed by atoms with Crippen LogP contribution >= 0.6 is 0 Å². The van der Waals surface area contributed by atoms with Crippen molar-refractivity contribution in [3.63, 3.8) is 0 Å². The normalized spacial score (nSPS) is 21.5. The maximum Gasteiger partial charge on any atom is 0.275 e. The van der Waals surface area contributed by atoms with Crippen LogP contribution in [0.1, 0.15) is 101 Å². The number of nitrogens with two attached hydrogens (primary N) is 1. The van der Waals surface area contributed by atoms with Crippen LogP contribution in [0, 0.1) is 34.3 Å². The average Bonchev–Trinajstić information content (AvgIpc) is 3.18. The minimum atomic E-state index is -0.823. The van der Waals surface area contributed by atoms with Crippen LogP contribution in [0.5, 0.6) is 0 Å². The Bertz CT molecular complexity index is 1340. The van der Waals surface area contributed by atoms with Crippen LogP contribution < -0.4 is 11.1 Å². The molecule has 1 fully saturated rings. The Hall–Kier alpha value is -3.62. The average molecular weight is 580 g/mol. The molecule has 226 valence electrons. The number of nitrogens with zero attached hydrogens (tertiary/aromatic N) is 2. The molecular formula is C33H43F2N5O2. The minimum absolute atomic E-state index is 0.0429. The van der Waals surface area contributed by atoms with Gasteiger partial charge in [-0.05, 0) is 85.6 Å². The third-order valence-electron chi connectivity index (χ3n) is 8.66. The summed E-state index contributed by atoms with van der Waals surface area (Å²) < 4.78 is 28.6. The van der Waals surface area contributed by atoms with E-state index in [2.05, 4.69) is 39.9 Å². The Kier molecular flexibility index (Phi) is 9.18. The Morgan fingerprint density at radius 2 is 1.69 bits per heavy atom. The Labute approximate surface area is 247 Å². The summed E-state index contributed by atoms with van der Waals surface area (Å²) in [5, 5.41) is 9.96. The Morgan fingerprint density at radius 3 is 2.21 bits per heavy atom. The quantitative estimate of drug-likeness (QED) is 0.237. The van der Waals surface area contributed by atoms with Crippen molar-refractivity contribution < 1.29 is 18.4 Å². The van der Waals surface area contributed by atoms with Crippen LogP contribution in [0.3, 0.4) is 0 Å². The van der Waals surface area contributed by atoms with Gasteiger partial charge in [0.05, 0.1) is 12.6 Å². The molecule has 0 bridgehead atoms. The molecule has 0 aromatic heterocycles. The summed E-state index contributed by atoms with van der Waals surface area (Å²) >= 11 is 0. The highest BCUT2D eigenvalue weighted by Gasteiger charge is 2.52. The smallest absolute Gasteiger partial charge is 0.275 e. The van der Waals surface area contributed by atoms with Crippen LogP contribution in [0.4, 0.5) is 8.78 Å². The number of hydrogen-bond donors (Lipinski definition) is 3. The molecule has 0 saturated heterocycles. The molecule has 1 atom stereocenters. The molecule has 1 unspecified atom stereocenters. The number of carbonyl (C=O) groups is 2. The second-order valence-electron chi connectivity index (χ2n) is 13.2. The van der Waals surface area contributed by atoms with Gasteiger partial charge in [-0.25, -0.2) is 8.78 Å². The number of aliphatic imine (C=N–C) groups is 1. The number of hydrogen-bond acceptors (Lipinski definition) is 4. The molecule has 1 saturated carbocycles. The molecule has 4 N–H and O–H groups in total. The van der Waals surface area contributed by atoms with Crippen molar-refractivity contribution in [1.29, 1.82) is 5.41 Å². The number of rotatable bonds is 9. The fraction of sp³-hybridized carbons (Fsp3) is 0.515. The zero-order valence-electron chi connectivity index (χ0n) is 25.3. The summed E-state index contributed by atoms with van der Waals surface area (Å²) in [6.07, 6.45) is 4.60. The summed E-state index contributed by atoms with van der Waals surface area (Å²) in [4.78, 5) is 33.8. The topological polar surface area (TPSA) is 112 Å². The van der Waals surface area contributed by atoms with Crippen LogP contribution in [0.25, 0.3) is 0 Å². The number of benzene rings is 2. The fourth-order valence-electron chi connectivity index (χ4n) is 6.29. The zero-order valence-corrected chi connectivity index (χ0v) is 25.3. The van der Waals surface area contributed by atoms with Gasteiger partial charge in [0.1, 0.15) is 28.8 Å². The van der Waals surface area contributed by atoms with E-state index >= 15 is 0 Å². The van der Waals surface area contributed by atoms with Crippen molar-refractivity contribution in [1.82, 2.24) is 10.2 Å². The van der Waals surface area contributed by atoms with Gasteiger partial charge in [-0.15, -0.1) is 0 Å². The molecule has 42 heavy (non-hydrogen) atoms. The molecule has 4 rings (SSSR count). The maximum atomic E-state index is 14.3. The van der Waals surface area contributed by atoms with Gasteiger partial charge < -0.3 is 16.0 Å². The van der Waals surface area contributed by atoms with E-state index in [0.717, 1.165) is 30.9 Å². The summed E-state index contributed by atoms with van der Waals surface area (Å²) in [5.41, 5.74) is 6.19. The van der Waals surface area contributed by atoms with E-state index in [1.54, 1.807) is 12.1 Å². The van der Waals surface area contributed by atoms with E-state index < -0.39 is 17.3 Å². The van der Waals surface area contributed by atoms with Crippen molar-refractivity contribution in [2.45, 2.75) is 84.8 Å². The van der Waals surface area contributed by atoms with E-state index in [0.29, 0.717) is 36.7 Å². The molecule has 1 heterocycles. The van der Waals surface area contributed by atoms with Crippen molar-refractivity contribution in [2.24, 2.45) is 28.0 Å². The lowest BCUT2D eigenvalue weighted by atomic mass is 9.69. The SMILES string of the molecule is CC(C)CCC(c1ccc(C(=O)NCC(=N)N)cc1)N1C(=O)C(c2cc(F)cc(F)c2)=NC12CCC(C(C)(C)C)CC2. The molecule has 1 spiro atoms. The van der Waals surface area contributed by atoms with Gasteiger partial charge in [0.2, 0.25) is 0 Å². The second kappa shape index (κ2) is 12.3. The predicted octanol–water partition coefficient (Wildman–Crippen LogP) is 6.37. The van der Waals surface area contributed by atoms with E-state index in [1.165, 1.54) is 12.1 Å². The lowest BCUT2D eigenvalue weighted by Crippen LogP contribution is -2.51. The van der Waals surface area contributed by atoms with Crippen LogP contribution in [0.2, 0.25) is 0 Å². The molecule has 2 aromatic carbocycles. The highest BCUT2D eigenvalue weighted by atomic mass is 19.1. The summed E-state index contributed by atoms with van der Waals surface area (Å²) in [6, 6.07) is 9.93. The first-order chi connectivity index (χ1) is 19.7. The number of nitrogens with one attached hydrogen (secondary N) is 2. The number of amides is 2. The largest absolute Gasteiger partial charge is 0.386 e. The van der Waals surface area contributed by atoms with Gasteiger partial charge in [-0.1, -0.05) is 46.8 Å². The molecule has 2 aromatic rings. The lowest BCUT2D eigenvalue weighted by molar-refractivity contribution is -0.133. The van der Waals surface area contributed by atoms with Crippen LogP contribution in [0.15, 0.2) is 47.5 Å². The Balaban J connectivity index is 1.75. The maximum absolute atomic E-state index is 14.3. The van der Waals surface area contributed by atoms with Gasteiger partial charge in [0.25, 0.3) is 11.8 Å². The van der Waals surface area contributed by atoms with E-state index in [4.69, 9.17) is 16.1 Å². The van der Waals surface area contributed by atoms with Crippen molar-refractivity contribution in [3.8, 4) is 0 Å². The third kappa shape index (κ3) is 6.88. The first kappa shape index (κ1) is 31.3. The van der Waals surface area contributed by atoms with Crippen molar-refractivity contribution in [2.75, 3.05) is 6.54 Å². The summed E-state index contributed by atoms with van der Waals surface area (Å²) in [6.45, 7) is 10.9. The van der Waals surface area contributed by atoms with Gasteiger partial charge in [-0.2, -0.15) is 0 Å². The van der Waals surface area contributed by atoms with E-state index in [1.807, 2.05) is 17.0 Å². The molecule has 1 aliphatic heterocycles. The monoisotopic (exact) mass is 579 g/mol. The van der Waals surface area contributed by atoms with Gasteiger partial charge in [0.15, 0.2) is 0 Å². The van der Waals surface area contributed by atoms with E-state index in [9.17, 15) is 18.4 Å². The molecule has 2 amide bonds. The minimum Gasteiger partial charge on any atom is -0.386 e. The third-order valence-corrected chi connectivity index (χ3v) is 8.66. The standard InChI is InChI=1S/C33H43F2N5O2/c1-20(2)6-11-27(21-7-9-22(10-8-21)30(41)38-19-28(36)37)40-31(42)29(23-16-25(34)18-26(35)17-23)39-33(40)14-12-24(13-15-33)32(3,4)5/h7-10,16-18,20,24,27H,6,11-15,19H2,1-5H3,(H3,36,37)(H,38,41). The zero-order chi connectivity index (χ0) is 30.8. The second-order valence-corrected chi connectivity index (χ2v) is 13.2. The molecular weight excluding hydrogens is 536 g/mol. The van der Waals surface area contributed by atoms with Crippen LogP contribution in [-0.2, 0) is 4.79 Å². The fourth-order valence-corrected chi connectivity index (χ4v) is 6.29. The van der Waals surface area contributed by atoms with Gasteiger partial charge in [-0.3, -0.25) is 20.0 Å². The molecule has 1 aliphatic carbocycles.